The number of piperazine rings is 1. The molecule has 1 aromatic rings. The Balaban J connectivity index is 1.50. The van der Waals surface area contributed by atoms with Crippen molar-refractivity contribution in [2.75, 3.05) is 26.2 Å². The van der Waals surface area contributed by atoms with E-state index in [0.717, 1.165) is 31.9 Å². The van der Waals surface area contributed by atoms with Gasteiger partial charge in [-0.25, -0.2) is 14.8 Å². The Morgan fingerprint density at radius 2 is 1.96 bits per heavy atom. The van der Waals surface area contributed by atoms with Gasteiger partial charge in [0.1, 0.15) is 5.82 Å². The van der Waals surface area contributed by atoms with E-state index in [1.165, 1.54) is 12.8 Å². The van der Waals surface area contributed by atoms with Crippen molar-refractivity contribution in [1.82, 2.24) is 25.1 Å². The maximum atomic E-state index is 12.5. The van der Waals surface area contributed by atoms with E-state index in [9.17, 15) is 18.0 Å². The van der Waals surface area contributed by atoms with Gasteiger partial charge in [-0.05, 0) is 19.4 Å². The molecule has 6 nitrogen and oxygen atoms in total. The number of nitrogens with zero attached hydrogens (tertiary/aromatic N) is 4. The van der Waals surface area contributed by atoms with Gasteiger partial charge in [0, 0.05) is 38.1 Å². The average molecular weight is 343 g/mol. The Morgan fingerprint density at radius 3 is 2.67 bits per heavy atom. The first-order valence-corrected chi connectivity index (χ1v) is 8.08. The molecule has 0 saturated carbocycles. The number of aromatic nitrogens is 2. The molecule has 2 fully saturated rings. The number of rotatable bonds is 2. The van der Waals surface area contributed by atoms with Gasteiger partial charge in [0.2, 0.25) is 0 Å². The van der Waals surface area contributed by atoms with Crippen LogP contribution in [-0.2, 0) is 12.7 Å². The first-order chi connectivity index (χ1) is 11.4. The minimum Gasteiger partial charge on any atom is -0.331 e. The average Bonchev–Trinajstić information content (AvgIpc) is 2.59. The summed E-state index contributed by atoms with van der Waals surface area (Å²) in [6.45, 7) is 3.34. The lowest BCUT2D eigenvalue weighted by atomic mass is 10.00. The fourth-order valence-corrected chi connectivity index (χ4v) is 3.20. The molecule has 3 heterocycles. The van der Waals surface area contributed by atoms with Crippen LogP contribution in [0.5, 0.6) is 0 Å². The van der Waals surface area contributed by atoms with Crippen LogP contribution in [0.4, 0.5) is 18.0 Å². The number of urea groups is 1. The molecule has 0 radical (unpaired) electrons. The van der Waals surface area contributed by atoms with Crippen molar-refractivity contribution in [3.05, 3.63) is 23.8 Å². The molecule has 1 N–H and O–H groups in total. The maximum Gasteiger partial charge on any atom is 0.419 e. The third kappa shape index (κ3) is 3.95. The topological polar surface area (TPSA) is 61.4 Å². The highest BCUT2D eigenvalue weighted by atomic mass is 19.4. The Kier molecular flexibility index (Phi) is 4.88. The van der Waals surface area contributed by atoms with Crippen molar-refractivity contribution in [1.29, 1.82) is 0 Å². The molecule has 3 rings (SSSR count). The molecule has 2 amide bonds. The normalized spacial score (nSPS) is 22.1. The number of fused-ring (bicyclic) bond motifs is 1. The van der Waals surface area contributed by atoms with Gasteiger partial charge >= 0.3 is 12.2 Å². The van der Waals surface area contributed by atoms with Crippen LogP contribution in [0.15, 0.2) is 12.4 Å². The van der Waals surface area contributed by atoms with E-state index in [1.54, 1.807) is 4.90 Å². The van der Waals surface area contributed by atoms with Gasteiger partial charge in [-0.2, -0.15) is 13.2 Å². The second-order valence-electron chi connectivity index (χ2n) is 6.18. The molecule has 2 aliphatic rings. The summed E-state index contributed by atoms with van der Waals surface area (Å²) in [6, 6.07) is 0.198. The molecule has 0 spiro atoms. The minimum atomic E-state index is -4.46. The van der Waals surface area contributed by atoms with Crippen LogP contribution in [0, 0.1) is 0 Å². The van der Waals surface area contributed by atoms with E-state index in [-0.39, 0.29) is 18.4 Å². The lowest BCUT2D eigenvalue weighted by molar-refractivity contribution is -0.138. The number of carbonyl (C=O) groups is 1. The summed E-state index contributed by atoms with van der Waals surface area (Å²) in [5.41, 5.74) is -0.897. The molecule has 132 valence electrons. The SMILES string of the molecule is O=C(NCc1ncc(C(F)(F)F)cn1)N1CCN2CCCCC2C1. The van der Waals surface area contributed by atoms with Gasteiger partial charge in [0.15, 0.2) is 0 Å². The van der Waals surface area contributed by atoms with Gasteiger partial charge < -0.3 is 10.2 Å². The van der Waals surface area contributed by atoms with Gasteiger partial charge in [-0.3, -0.25) is 4.90 Å². The summed E-state index contributed by atoms with van der Waals surface area (Å²) in [5.74, 6) is 0.160. The summed E-state index contributed by atoms with van der Waals surface area (Å²) >= 11 is 0. The minimum absolute atomic E-state index is 0.0157. The van der Waals surface area contributed by atoms with E-state index >= 15 is 0 Å². The van der Waals surface area contributed by atoms with Crippen LogP contribution in [0.3, 0.4) is 0 Å². The fraction of sp³-hybridized carbons (Fsp3) is 0.667. The van der Waals surface area contributed by atoms with Crippen molar-refractivity contribution >= 4 is 6.03 Å². The van der Waals surface area contributed by atoms with E-state index in [2.05, 4.69) is 20.2 Å². The Bertz CT molecular complexity index is 577. The maximum absolute atomic E-state index is 12.5. The van der Waals surface area contributed by atoms with Gasteiger partial charge in [-0.1, -0.05) is 6.42 Å². The monoisotopic (exact) mass is 343 g/mol. The lowest BCUT2D eigenvalue weighted by Crippen LogP contribution is -2.57. The third-order valence-electron chi connectivity index (χ3n) is 4.55. The van der Waals surface area contributed by atoms with E-state index in [4.69, 9.17) is 0 Å². The predicted octanol–water partition coefficient (Wildman–Crippen LogP) is 1.88. The molecular weight excluding hydrogens is 323 g/mol. The fourth-order valence-electron chi connectivity index (χ4n) is 3.20. The molecular formula is C15H20F3N5O. The number of hydrogen-bond acceptors (Lipinski definition) is 4. The molecule has 1 atom stereocenters. The molecule has 1 unspecified atom stereocenters. The highest BCUT2D eigenvalue weighted by Gasteiger charge is 2.32. The summed E-state index contributed by atoms with van der Waals surface area (Å²) in [7, 11) is 0. The van der Waals surface area contributed by atoms with Crippen LogP contribution in [-0.4, -0.2) is 58.0 Å². The summed E-state index contributed by atoms with van der Waals surface area (Å²) in [4.78, 5) is 23.7. The number of nitrogens with one attached hydrogen (secondary N) is 1. The molecule has 0 aliphatic carbocycles. The molecule has 2 saturated heterocycles. The molecule has 24 heavy (non-hydrogen) atoms. The third-order valence-corrected chi connectivity index (χ3v) is 4.55. The first-order valence-electron chi connectivity index (χ1n) is 8.08. The standard InChI is InChI=1S/C15H20F3N5O/c16-15(17,18)11-7-19-13(20-8-11)9-21-14(24)23-6-5-22-4-2-1-3-12(22)10-23/h7-8,12H,1-6,9-10H2,(H,21,24). The number of hydrogen-bond donors (Lipinski definition) is 1. The van der Waals surface area contributed by atoms with Crippen molar-refractivity contribution in [2.45, 2.75) is 38.0 Å². The zero-order valence-corrected chi connectivity index (χ0v) is 13.2. The summed E-state index contributed by atoms with van der Waals surface area (Å²) in [5, 5.41) is 2.68. The molecule has 9 heteroatoms. The van der Waals surface area contributed by atoms with Crippen LogP contribution in [0.1, 0.15) is 30.7 Å². The molecule has 1 aromatic heterocycles. The van der Waals surface area contributed by atoms with Crippen LogP contribution in [0.25, 0.3) is 0 Å². The van der Waals surface area contributed by atoms with E-state index in [1.807, 2.05) is 0 Å². The number of carbonyl (C=O) groups excluding carboxylic acids is 1. The van der Waals surface area contributed by atoms with Crippen molar-refractivity contribution < 1.29 is 18.0 Å². The summed E-state index contributed by atoms with van der Waals surface area (Å²) < 4.78 is 37.4. The predicted molar refractivity (Wildman–Crippen MR) is 80.1 cm³/mol. The zero-order valence-electron chi connectivity index (χ0n) is 13.2. The van der Waals surface area contributed by atoms with Gasteiger partial charge in [0.25, 0.3) is 0 Å². The Hall–Kier alpha value is -1.90. The van der Waals surface area contributed by atoms with Crippen molar-refractivity contribution in [3.63, 3.8) is 0 Å². The molecule has 0 bridgehead atoms. The first kappa shape index (κ1) is 16.9. The Morgan fingerprint density at radius 1 is 1.21 bits per heavy atom. The number of amides is 2. The van der Waals surface area contributed by atoms with Crippen LogP contribution >= 0.6 is 0 Å². The van der Waals surface area contributed by atoms with Crippen molar-refractivity contribution in [2.24, 2.45) is 0 Å². The van der Waals surface area contributed by atoms with Gasteiger partial charge in [-0.15, -0.1) is 0 Å². The highest BCUT2D eigenvalue weighted by molar-refractivity contribution is 5.74. The second-order valence-corrected chi connectivity index (χ2v) is 6.18. The van der Waals surface area contributed by atoms with Crippen LogP contribution < -0.4 is 5.32 Å². The van der Waals surface area contributed by atoms with Crippen molar-refractivity contribution in [3.8, 4) is 0 Å². The quantitative estimate of drug-likeness (QED) is 0.891. The van der Waals surface area contributed by atoms with Crippen LogP contribution in [0.2, 0.25) is 0 Å². The number of alkyl halides is 3. The summed E-state index contributed by atoms with van der Waals surface area (Å²) in [6.07, 6.45) is 0.516. The van der Waals surface area contributed by atoms with E-state index < -0.39 is 11.7 Å². The second kappa shape index (κ2) is 6.92. The molecule has 2 aliphatic heterocycles. The van der Waals surface area contributed by atoms with E-state index in [0.29, 0.717) is 19.1 Å². The smallest absolute Gasteiger partial charge is 0.331 e. The lowest BCUT2D eigenvalue weighted by Gasteiger charge is -2.43. The highest BCUT2D eigenvalue weighted by Crippen LogP contribution is 2.27. The largest absolute Gasteiger partial charge is 0.419 e. The number of piperidine rings is 1. The zero-order chi connectivity index (χ0) is 17.2. The number of halogens is 3. The Labute approximate surface area is 138 Å². The van der Waals surface area contributed by atoms with Gasteiger partial charge in [0.05, 0.1) is 12.1 Å². The molecule has 0 aromatic carbocycles.